The van der Waals surface area contributed by atoms with Crippen LogP contribution in [-0.2, 0) is 4.74 Å². The summed E-state index contributed by atoms with van der Waals surface area (Å²) in [4.78, 5) is 0. The summed E-state index contributed by atoms with van der Waals surface area (Å²) >= 11 is 0. The summed E-state index contributed by atoms with van der Waals surface area (Å²) < 4.78 is 41.3. The maximum Gasteiger partial charge on any atom is 0.411 e. The summed E-state index contributed by atoms with van der Waals surface area (Å²) in [6, 6.07) is 0. The van der Waals surface area contributed by atoms with Gasteiger partial charge in [-0.3, -0.25) is 0 Å². The Balaban J connectivity index is 2.31. The number of hydrogen-bond donors (Lipinski definition) is 0. The van der Waals surface area contributed by atoms with E-state index in [4.69, 9.17) is 4.74 Å². The minimum Gasteiger partial charge on any atom is -0.372 e. The molecule has 120 valence electrons. The van der Waals surface area contributed by atoms with Crippen molar-refractivity contribution in [1.82, 2.24) is 0 Å². The van der Waals surface area contributed by atoms with Gasteiger partial charge >= 0.3 is 6.18 Å². The van der Waals surface area contributed by atoms with Crippen molar-refractivity contribution < 1.29 is 17.9 Å². The first-order valence-corrected chi connectivity index (χ1v) is 8.10. The Kier molecular flexibility index (Phi) is 7.93. The van der Waals surface area contributed by atoms with E-state index in [-0.39, 0.29) is 6.61 Å². The van der Waals surface area contributed by atoms with Crippen molar-refractivity contribution in [2.24, 2.45) is 17.8 Å². The predicted octanol–water partition coefficient (Wildman–Crippen LogP) is 5.59. The maximum atomic E-state index is 12.1. The third kappa shape index (κ3) is 6.96. The Morgan fingerprint density at radius 2 is 1.70 bits per heavy atom. The summed E-state index contributed by atoms with van der Waals surface area (Å²) in [7, 11) is 0. The van der Waals surface area contributed by atoms with E-state index in [2.05, 4.69) is 13.8 Å². The zero-order valence-corrected chi connectivity index (χ0v) is 12.8. The van der Waals surface area contributed by atoms with Gasteiger partial charge in [0.05, 0.1) is 6.61 Å². The molecule has 0 spiro atoms. The van der Waals surface area contributed by atoms with Crippen LogP contribution < -0.4 is 0 Å². The van der Waals surface area contributed by atoms with Gasteiger partial charge in [-0.15, -0.1) is 0 Å². The third-order valence-corrected chi connectivity index (χ3v) is 4.54. The number of unbranched alkanes of at least 4 members (excludes halogenated alkanes) is 3. The van der Waals surface area contributed by atoms with Crippen molar-refractivity contribution >= 4 is 0 Å². The largest absolute Gasteiger partial charge is 0.411 e. The second-order valence-corrected chi connectivity index (χ2v) is 6.25. The van der Waals surface area contributed by atoms with E-state index in [1.807, 2.05) is 0 Å². The standard InChI is InChI=1S/C16H29F3O/c1-3-5-6-7-8-14-9-13(4-2)10-15(14)11-20-12-16(17,18)19/h13-15H,3-12H2,1-2H3. The van der Waals surface area contributed by atoms with Crippen molar-refractivity contribution in [2.75, 3.05) is 13.2 Å². The molecule has 0 aliphatic heterocycles. The first-order chi connectivity index (χ1) is 9.46. The van der Waals surface area contributed by atoms with Gasteiger partial charge in [-0.1, -0.05) is 52.4 Å². The number of alkyl halides is 3. The number of ether oxygens (including phenoxy) is 1. The molecule has 0 aromatic carbocycles. The van der Waals surface area contributed by atoms with Gasteiger partial charge < -0.3 is 4.74 Å². The lowest BCUT2D eigenvalue weighted by Gasteiger charge is -2.20. The van der Waals surface area contributed by atoms with E-state index < -0.39 is 12.8 Å². The molecule has 0 heterocycles. The highest BCUT2D eigenvalue weighted by Crippen LogP contribution is 2.41. The van der Waals surface area contributed by atoms with Gasteiger partial charge in [0.2, 0.25) is 0 Å². The van der Waals surface area contributed by atoms with Crippen LogP contribution in [0.5, 0.6) is 0 Å². The molecule has 1 rings (SSSR count). The monoisotopic (exact) mass is 294 g/mol. The Morgan fingerprint density at radius 3 is 2.30 bits per heavy atom. The van der Waals surface area contributed by atoms with E-state index in [1.165, 1.54) is 32.1 Å². The number of halogens is 3. The molecule has 1 fully saturated rings. The van der Waals surface area contributed by atoms with Crippen LogP contribution in [0, 0.1) is 17.8 Å². The zero-order valence-electron chi connectivity index (χ0n) is 12.8. The smallest absolute Gasteiger partial charge is 0.372 e. The molecule has 4 heteroatoms. The minimum atomic E-state index is -4.20. The fourth-order valence-electron chi connectivity index (χ4n) is 3.39. The molecule has 0 radical (unpaired) electrons. The van der Waals surface area contributed by atoms with Gasteiger partial charge in [-0.05, 0) is 30.6 Å². The Bertz CT molecular complexity index is 253. The van der Waals surface area contributed by atoms with Crippen LogP contribution in [0.1, 0.15) is 65.2 Å². The quantitative estimate of drug-likeness (QED) is 0.504. The average Bonchev–Trinajstić information content (AvgIpc) is 2.76. The molecule has 3 unspecified atom stereocenters. The van der Waals surface area contributed by atoms with E-state index in [0.717, 1.165) is 19.3 Å². The highest BCUT2D eigenvalue weighted by atomic mass is 19.4. The summed E-state index contributed by atoms with van der Waals surface area (Å²) in [6.45, 7) is 3.56. The Labute approximate surface area is 121 Å². The highest BCUT2D eigenvalue weighted by molar-refractivity contribution is 4.83. The fourth-order valence-corrected chi connectivity index (χ4v) is 3.39. The normalized spacial score (nSPS) is 27.1. The van der Waals surface area contributed by atoms with Gasteiger partial charge in [0.25, 0.3) is 0 Å². The van der Waals surface area contributed by atoms with Crippen LogP contribution in [0.2, 0.25) is 0 Å². The molecular weight excluding hydrogens is 265 g/mol. The molecule has 1 aliphatic carbocycles. The molecule has 20 heavy (non-hydrogen) atoms. The molecule has 0 bridgehead atoms. The van der Waals surface area contributed by atoms with Crippen molar-refractivity contribution in [3.8, 4) is 0 Å². The lowest BCUT2D eigenvalue weighted by molar-refractivity contribution is -0.177. The third-order valence-electron chi connectivity index (χ3n) is 4.54. The fraction of sp³-hybridized carbons (Fsp3) is 1.00. The molecule has 0 aromatic heterocycles. The second-order valence-electron chi connectivity index (χ2n) is 6.25. The lowest BCUT2D eigenvalue weighted by Crippen LogP contribution is -2.22. The first kappa shape index (κ1) is 17.8. The van der Waals surface area contributed by atoms with Crippen LogP contribution >= 0.6 is 0 Å². The summed E-state index contributed by atoms with van der Waals surface area (Å²) in [5, 5.41) is 0. The molecule has 1 nitrogen and oxygen atoms in total. The van der Waals surface area contributed by atoms with Crippen LogP contribution in [0.15, 0.2) is 0 Å². The highest BCUT2D eigenvalue weighted by Gasteiger charge is 2.34. The van der Waals surface area contributed by atoms with E-state index in [0.29, 0.717) is 17.8 Å². The number of rotatable bonds is 9. The molecule has 0 N–H and O–H groups in total. The first-order valence-electron chi connectivity index (χ1n) is 8.10. The van der Waals surface area contributed by atoms with E-state index in [1.54, 1.807) is 0 Å². The van der Waals surface area contributed by atoms with Gasteiger partial charge in [-0.2, -0.15) is 13.2 Å². The van der Waals surface area contributed by atoms with Gasteiger partial charge in [0.15, 0.2) is 0 Å². The van der Waals surface area contributed by atoms with E-state index >= 15 is 0 Å². The molecular formula is C16H29F3O. The number of hydrogen-bond acceptors (Lipinski definition) is 1. The van der Waals surface area contributed by atoms with Gasteiger partial charge in [0, 0.05) is 0 Å². The van der Waals surface area contributed by atoms with Crippen molar-refractivity contribution in [1.29, 1.82) is 0 Å². The maximum absolute atomic E-state index is 12.1. The van der Waals surface area contributed by atoms with Crippen molar-refractivity contribution in [3.05, 3.63) is 0 Å². The summed E-state index contributed by atoms with van der Waals surface area (Å²) in [6.07, 6.45) is 5.29. The molecule has 0 amide bonds. The summed E-state index contributed by atoms with van der Waals surface area (Å²) in [5.74, 6) is 1.60. The molecule has 0 aromatic rings. The molecule has 3 atom stereocenters. The van der Waals surface area contributed by atoms with E-state index in [9.17, 15) is 13.2 Å². The van der Waals surface area contributed by atoms with Crippen LogP contribution in [0.3, 0.4) is 0 Å². The SMILES string of the molecule is CCCCCCC1CC(CC)CC1COCC(F)(F)F. The molecule has 1 aliphatic rings. The topological polar surface area (TPSA) is 9.23 Å². The van der Waals surface area contributed by atoms with Crippen LogP contribution in [0.25, 0.3) is 0 Å². The predicted molar refractivity (Wildman–Crippen MR) is 75.6 cm³/mol. The minimum absolute atomic E-state index is 0.286. The van der Waals surface area contributed by atoms with Crippen LogP contribution in [-0.4, -0.2) is 19.4 Å². The van der Waals surface area contributed by atoms with Crippen LogP contribution in [0.4, 0.5) is 13.2 Å². The van der Waals surface area contributed by atoms with Crippen molar-refractivity contribution in [2.45, 2.75) is 71.4 Å². The average molecular weight is 294 g/mol. The summed E-state index contributed by atoms with van der Waals surface area (Å²) in [5.41, 5.74) is 0. The zero-order chi connectivity index (χ0) is 15.0. The van der Waals surface area contributed by atoms with Crippen molar-refractivity contribution in [3.63, 3.8) is 0 Å². The Hall–Kier alpha value is -0.250. The molecule has 0 saturated heterocycles. The van der Waals surface area contributed by atoms with Gasteiger partial charge in [-0.25, -0.2) is 0 Å². The molecule has 1 saturated carbocycles. The van der Waals surface area contributed by atoms with Gasteiger partial charge in [0.1, 0.15) is 6.61 Å². The Morgan fingerprint density at radius 1 is 1.00 bits per heavy atom. The lowest BCUT2D eigenvalue weighted by atomic mass is 9.91. The second kappa shape index (κ2) is 8.91.